The Morgan fingerprint density at radius 3 is 2.24 bits per heavy atom. The Bertz CT molecular complexity index is 856. The molecule has 4 saturated carbocycles. The highest BCUT2D eigenvalue weighted by molar-refractivity contribution is 5.72. The van der Waals surface area contributed by atoms with Crippen molar-refractivity contribution >= 4 is 5.97 Å². The first kappa shape index (κ1) is 27.8. The highest BCUT2D eigenvalue weighted by atomic mass is 16.7. The van der Waals surface area contributed by atoms with Crippen LogP contribution in [0.1, 0.15) is 78.6 Å². The molecule has 1 saturated heterocycles. The van der Waals surface area contributed by atoms with E-state index < -0.39 is 12.3 Å². The van der Waals surface area contributed by atoms with Crippen molar-refractivity contribution in [3.8, 4) is 0 Å². The number of ether oxygens (including phenoxy) is 5. The smallest absolute Gasteiger partial charge is 0.307 e. The molecule has 0 unspecified atom stereocenters. The molecule has 0 aromatic carbocycles. The van der Waals surface area contributed by atoms with Gasteiger partial charge in [-0.2, -0.15) is 0 Å². The standard InChI is InChI=1S/C29H49NO7/c1-16-22(33-4)23(34-5)24(35-6)26(36-16)37-18-9-12-27(2)17(15-18)7-8-20-19(27)10-13-28(3)21(25(31)32)11-14-29(20,28)30/h16-24,26H,7-15,30H2,1-6H3,(H,31,32)/t16-,17-,18+,19+,20-,21-,22-,23+,24+,26-,27+,28-,29+/m1/s1. The molecule has 8 nitrogen and oxygen atoms in total. The van der Waals surface area contributed by atoms with Gasteiger partial charge in [0.15, 0.2) is 6.29 Å². The highest BCUT2D eigenvalue weighted by Gasteiger charge is 2.67. The Labute approximate surface area is 222 Å². The molecule has 0 aromatic heterocycles. The van der Waals surface area contributed by atoms with Crippen LogP contribution in [0.15, 0.2) is 0 Å². The number of carboxylic acids is 1. The molecule has 212 valence electrons. The average molecular weight is 524 g/mol. The van der Waals surface area contributed by atoms with Gasteiger partial charge in [0.25, 0.3) is 0 Å². The van der Waals surface area contributed by atoms with Crippen molar-refractivity contribution in [1.82, 2.24) is 0 Å². The van der Waals surface area contributed by atoms with Crippen molar-refractivity contribution in [2.45, 2.75) is 121 Å². The van der Waals surface area contributed by atoms with Crippen LogP contribution in [0.4, 0.5) is 0 Å². The van der Waals surface area contributed by atoms with Crippen molar-refractivity contribution in [3.63, 3.8) is 0 Å². The zero-order valence-corrected chi connectivity index (χ0v) is 23.6. The van der Waals surface area contributed by atoms with E-state index in [0.717, 1.165) is 51.4 Å². The van der Waals surface area contributed by atoms with Gasteiger partial charge in [-0.25, -0.2) is 0 Å². The molecule has 1 heterocycles. The summed E-state index contributed by atoms with van der Waals surface area (Å²) in [5.74, 6) is 0.559. The summed E-state index contributed by atoms with van der Waals surface area (Å²) in [5.41, 5.74) is 6.81. The molecule has 5 rings (SSSR count). The zero-order chi connectivity index (χ0) is 26.8. The Balaban J connectivity index is 1.29. The van der Waals surface area contributed by atoms with E-state index in [-0.39, 0.29) is 52.8 Å². The van der Waals surface area contributed by atoms with E-state index in [2.05, 4.69) is 13.8 Å². The van der Waals surface area contributed by atoms with Gasteiger partial charge in [0.05, 0.1) is 18.1 Å². The van der Waals surface area contributed by atoms with Crippen molar-refractivity contribution in [2.75, 3.05) is 21.3 Å². The van der Waals surface area contributed by atoms with E-state index >= 15 is 0 Å². The molecule has 0 radical (unpaired) electrons. The van der Waals surface area contributed by atoms with E-state index in [9.17, 15) is 9.90 Å². The third-order valence-electron chi connectivity index (χ3n) is 12.1. The van der Waals surface area contributed by atoms with E-state index in [4.69, 9.17) is 29.4 Å². The molecule has 4 aliphatic carbocycles. The highest BCUT2D eigenvalue weighted by Crippen LogP contribution is 2.68. The van der Waals surface area contributed by atoms with E-state index in [1.54, 1.807) is 21.3 Å². The zero-order valence-electron chi connectivity index (χ0n) is 23.6. The Morgan fingerprint density at radius 2 is 1.59 bits per heavy atom. The number of hydrogen-bond donors (Lipinski definition) is 2. The summed E-state index contributed by atoms with van der Waals surface area (Å²) in [4.78, 5) is 12.1. The van der Waals surface area contributed by atoms with Gasteiger partial charge in [0.2, 0.25) is 0 Å². The fourth-order valence-corrected chi connectivity index (χ4v) is 9.92. The summed E-state index contributed by atoms with van der Waals surface area (Å²) in [6, 6.07) is 0. The van der Waals surface area contributed by atoms with E-state index in [1.807, 2.05) is 6.92 Å². The predicted molar refractivity (Wildman–Crippen MR) is 138 cm³/mol. The molecule has 0 spiro atoms. The number of methoxy groups -OCH3 is 3. The second-order valence-electron chi connectivity index (χ2n) is 13.3. The Kier molecular flexibility index (Phi) is 7.51. The summed E-state index contributed by atoms with van der Waals surface area (Å²) in [7, 11) is 5.04. The summed E-state index contributed by atoms with van der Waals surface area (Å²) in [6.07, 6.45) is 7.54. The van der Waals surface area contributed by atoms with Gasteiger partial charge < -0.3 is 34.5 Å². The third kappa shape index (κ3) is 4.12. The minimum atomic E-state index is -0.660. The second-order valence-corrected chi connectivity index (χ2v) is 13.3. The summed E-state index contributed by atoms with van der Waals surface area (Å²) < 4.78 is 30.1. The van der Waals surface area contributed by atoms with Crippen LogP contribution in [0.3, 0.4) is 0 Å². The lowest BCUT2D eigenvalue weighted by Gasteiger charge is -2.64. The third-order valence-corrected chi connectivity index (χ3v) is 12.1. The number of fused-ring (bicyclic) bond motifs is 5. The van der Waals surface area contributed by atoms with Gasteiger partial charge in [0, 0.05) is 26.9 Å². The number of aliphatic carboxylic acids is 1. The number of hydrogen-bond acceptors (Lipinski definition) is 7. The molecule has 8 heteroatoms. The largest absolute Gasteiger partial charge is 0.481 e. The van der Waals surface area contributed by atoms with Crippen molar-refractivity contribution in [2.24, 2.45) is 40.2 Å². The van der Waals surface area contributed by atoms with E-state index in [1.165, 1.54) is 0 Å². The van der Waals surface area contributed by atoms with Crippen LogP contribution < -0.4 is 5.73 Å². The van der Waals surface area contributed by atoms with Crippen molar-refractivity contribution in [1.29, 1.82) is 0 Å². The SMILES string of the molecule is CO[C@@H]1[C@H](OC)[C@@H](O[C@H]2CC[C@@]3(C)[C@H](CC[C@@H]4[C@@H]3CC[C@]3(C)[C@@H](C(=O)O)CC[C@]43N)C2)O[C@H](C)[C@H]1OC. The lowest BCUT2D eigenvalue weighted by atomic mass is 9.42. The molecule has 13 atom stereocenters. The van der Waals surface area contributed by atoms with Crippen molar-refractivity contribution < 1.29 is 33.6 Å². The molecule has 5 fully saturated rings. The van der Waals surface area contributed by atoms with Crippen LogP contribution in [0.25, 0.3) is 0 Å². The maximum absolute atomic E-state index is 12.1. The van der Waals surface area contributed by atoms with Gasteiger partial charge in [-0.3, -0.25) is 4.79 Å². The minimum Gasteiger partial charge on any atom is -0.481 e. The fourth-order valence-electron chi connectivity index (χ4n) is 9.92. The van der Waals surface area contributed by atoms with Crippen LogP contribution in [-0.2, 0) is 28.5 Å². The number of nitrogens with two attached hydrogens (primary N) is 1. The first-order valence-electron chi connectivity index (χ1n) is 14.4. The Hall–Kier alpha value is -0.770. The van der Waals surface area contributed by atoms with Crippen LogP contribution in [-0.4, -0.2) is 74.8 Å². The molecule has 0 amide bonds. The lowest BCUT2D eigenvalue weighted by Crippen LogP contribution is -2.67. The van der Waals surface area contributed by atoms with Crippen molar-refractivity contribution in [3.05, 3.63) is 0 Å². The van der Waals surface area contributed by atoms with Gasteiger partial charge in [-0.05, 0) is 93.3 Å². The fraction of sp³-hybridized carbons (Fsp3) is 0.966. The topological polar surface area (TPSA) is 109 Å². The maximum atomic E-state index is 12.1. The monoisotopic (exact) mass is 523 g/mol. The average Bonchev–Trinajstić information content (AvgIpc) is 3.15. The first-order chi connectivity index (χ1) is 17.5. The maximum Gasteiger partial charge on any atom is 0.307 e. The van der Waals surface area contributed by atoms with Gasteiger partial charge in [0.1, 0.15) is 18.3 Å². The number of carboxylic acid groups (broad SMARTS) is 1. The molecule has 1 aliphatic heterocycles. The minimum absolute atomic E-state index is 0.115. The van der Waals surface area contributed by atoms with Gasteiger partial charge in [-0.1, -0.05) is 13.8 Å². The van der Waals surface area contributed by atoms with Crippen LogP contribution in [0, 0.1) is 34.5 Å². The molecule has 0 bridgehead atoms. The molecular formula is C29H49NO7. The molecule has 3 N–H and O–H groups in total. The van der Waals surface area contributed by atoms with Gasteiger partial charge >= 0.3 is 5.97 Å². The summed E-state index contributed by atoms with van der Waals surface area (Å²) in [6.45, 7) is 6.66. The molecule has 5 aliphatic rings. The quantitative estimate of drug-likeness (QED) is 0.503. The number of rotatable bonds is 6. The van der Waals surface area contributed by atoms with E-state index in [0.29, 0.717) is 24.2 Å². The molecular weight excluding hydrogens is 474 g/mol. The van der Waals surface area contributed by atoms with Crippen LogP contribution in [0.5, 0.6) is 0 Å². The Morgan fingerprint density at radius 1 is 0.892 bits per heavy atom. The first-order valence-corrected chi connectivity index (χ1v) is 14.4. The van der Waals surface area contributed by atoms with Crippen LogP contribution in [0.2, 0.25) is 0 Å². The van der Waals surface area contributed by atoms with Crippen LogP contribution >= 0.6 is 0 Å². The summed E-state index contributed by atoms with van der Waals surface area (Å²) in [5, 5.41) is 9.94. The predicted octanol–water partition coefficient (Wildman–Crippen LogP) is 3.99. The second kappa shape index (κ2) is 10.0. The molecule has 37 heavy (non-hydrogen) atoms. The van der Waals surface area contributed by atoms with Gasteiger partial charge in [-0.15, -0.1) is 0 Å². The molecule has 0 aromatic rings. The summed E-state index contributed by atoms with van der Waals surface area (Å²) >= 11 is 0. The lowest BCUT2D eigenvalue weighted by molar-refractivity contribution is -0.319. The normalized spacial score (nSPS) is 53.7. The number of carbonyl (C=O) groups is 1.